The monoisotopic (exact) mass is 382 g/mol. The van der Waals surface area contributed by atoms with Crippen LogP contribution in [0.25, 0.3) is 11.7 Å². The van der Waals surface area contributed by atoms with Gasteiger partial charge in [-0.25, -0.2) is 4.98 Å². The Morgan fingerprint density at radius 3 is 2.96 bits per heavy atom. The van der Waals surface area contributed by atoms with Crippen molar-refractivity contribution in [2.24, 2.45) is 0 Å². The molecule has 1 aromatic carbocycles. The van der Waals surface area contributed by atoms with Gasteiger partial charge in [-0.1, -0.05) is 0 Å². The fourth-order valence-electron chi connectivity index (χ4n) is 3.08. The highest BCUT2D eigenvalue weighted by Crippen LogP contribution is 2.29. The molecule has 0 spiro atoms. The molecule has 5 heteroatoms. The second kappa shape index (κ2) is 5.91. The van der Waals surface area contributed by atoms with Crippen LogP contribution >= 0.6 is 15.9 Å². The van der Waals surface area contributed by atoms with Crippen LogP contribution < -0.4 is 4.74 Å². The van der Waals surface area contributed by atoms with Crippen LogP contribution in [-0.4, -0.2) is 22.3 Å². The summed E-state index contributed by atoms with van der Waals surface area (Å²) in [5.74, 6) is 0.879. The quantitative estimate of drug-likeness (QED) is 0.620. The van der Waals surface area contributed by atoms with Crippen molar-refractivity contribution in [2.75, 3.05) is 7.11 Å². The van der Waals surface area contributed by atoms with Crippen molar-refractivity contribution in [2.45, 2.75) is 12.8 Å². The van der Waals surface area contributed by atoms with Crippen molar-refractivity contribution in [1.82, 2.24) is 9.38 Å². The normalized spacial score (nSPS) is 15.8. The number of methoxy groups -OCH3 is 1. The van der Waals surface area contributed by atoms with Crippen LogP contribution in [0.1, 0.15) is 28.0 Å². The maximum atomic E-state index is 12.8. The summed E-state index contributed by atoms with van der Waals surface area (Å²) < 4.78 is 8.20. The van der Waals surface area contributed by atoms with E-state index in [9.17, 15) is 4.79 Å². The molecule has 0 bridgehead atoms. The Labute approximate surface area is 147 Å². The van der Waals surface area contributed by atoms with Crippen molar-refractivity contribution < 1.29 is 9.53 Å². The summed E-state index contributed by atoms with van der Waals surface area (Å²) >= 11 is 3.48. The van der Waals surface area contributed by atoms with E-state index < -0.39 is 0 Å². The molecule has 0 atom stereocenters. The molecule has 24 heavy (non-hydrogen) atoms. The number of ether oxygens (including phenoxy) is 1. The maximum Gasteiger partial charge on any atom is 0.189 e. The minimum atomic E-state index is 0.0869. The van der Waals surface area contributed by atoms with Crippen molar-refractivity contribution in [3.63, 3.8) is 0 Å². The molecule has 4 nitrogen and oxygen atoms in total. The number of imidazole rings is 1. The fraction of sp³-hybridized carbons (Fsp3) is 0.158. The van der Waals surface area contributed by atoms with E-state index in [1.807, 2.05) is 47.0 Å². The van der Waals surface area contributed by atoms with Gasteiger partial charge >= 0.3 is 0 Å². The Morgan fingerprint density at radius 2 is 2.12 bits per heavy atom. The van der Waals surface area contributed by atoms with E-state index in [2.05, 4.69) is 20.9 Å². The molecule has 0 aliphatic heterocycles. The van der Waals surface area contributed by atoms with E-state index >= 15 is 0 Å². The largest absolute Gasteiger partial charge is 0.497 e. The molecule has 0 unspecified atom stereocenters. The third-order valence-corrected chi connectivity index (χ3v) is 4.80. The Hall–Kier alpha value is -2.40. The first-order valence-electron chi connectivity index (χ1n) is 7.70. The minimum Gasteiger partial charge on any atom is -0.497 e. The molecule has 3 aromatic rings. The van der Waals surface area contributed by atoms with Crippen LogP contribution in [0, 0.1) is 0 Å². The molecule has 1 aliphatic rings. The summed E-state index contributed by atoms with van der Waals surface area (Å²) in [7, 11) is 1.64. The first kappa shape index (κ1) is 15.1. The van der Waals surface area contributed by atoms with Crippen LogP contribution in [-0.2, 0) is 6.42 Å². The van der Waals surface area contributed by atoms with Gasteiger partial charge in [-0.3, -0.25) is 9.20 Å². The van der Waals surface area contributed by atoms with E-state index in [1.54, 1.807) is 13.3 Å². The number of hydrogen-bond acceptors (Lipinski definition) is 3. The molecule has 0 saturated heterocycles. The second-order valence-electron chi connectivity index (χ2n) is 5.78. The number of nitrogens with zero attached hydrogens (tertiary/aromatic N) is 2. The van der Waals surface area contributed by atoms with Crippen molar-refractivity contribution in [3.05, 3.63) is 69.6 Å². The van der Waals surface area contributed by atoms with Gasteiger partial charge in [0.2, 0.25) is 0 Å². The number of aryl methyl sites for hydroxylation is 1. The molecular weight excluding hydrogens is 368 g/mol. The van der Waals surface area contributed by atoms with Crippen LogP contribution in [0.5, 0.6) is 5.75 Å². The zero-order valence-corrected chi connectivity index (χ0v) is 14.7. The zero-order chi connectivity index (χ0) is 16.7. The summed E-state index contributed by atoms with van der Waals surface area (Å²) in [4.78, 5) is 17.2. The second-order valence-corrected chi connectivity index (χ2v) is 6.70. The summed E-state index contributed by atoms with van der Waals surface area (Å²) in [6, 6.07) is 9.54. The molecular formula is C19H15BrN2O2. The molecule has 1 aliphatic carbocycles. The number of hydrogen-bond donors (Lipinski definition) is 0. The summed E-state index contributed by atoms with van der Waals surface area (Å²) in [6.45, 7) is 0. The van der Waals surface area contributed by atoms with Gasteiger partial charge in [-0.2, -0.15) is 0 Å². The van der Waals surface area contributed by atoms with Crippen LogP contribution in [0.15, 0.2) is 52.8 Å². The standard InChI is InChI=1S/C19H15BrN2O2/c1-24-16-5-6-17-12(9-16)2-3-13(19(17)23)8-15-10-21-18-7-4-14(20)11-22(15)18/h4-11H,2-3H2,1H3. The number of aromatic nitrogens is 2. The number of carbonyl (C=O) groups excluding carboxylic acids is 1. The summed E-state index contributed by atoms with van der Waals surface area (Å²) in [5.41, 5.74) is 4.40. The number of halogens is 1. The summed E-state index contributed by atoms with van der Waals surface area (Å²) in [6.07, 6.45) is 7.26. The SMILES string of the molecule is COc1ccc2c(c1)CCC(=Cc1cnc3ccc(Br)cn13)C2=O. The fourth-order valence-corrected chi connectivity index (χ4v) is 3.41. The predicted molar refractivity (Wildman–Crippen MR) is 96.5 cm³/mol. The van der Waals surface area contributed by atoms with Crippen LogP contribution in [0.3, 0.4) is 0 Å². The molecule has 0 N–H and O–H groups in total. The third-order valence-electron chi connectivity index (χ3n) is 4.33. The van der Waals surface area contributed by atoms with Crippen molar-refractivity contribution in [1.29, 1.82) is 0 Å². The van der Waals surface area contributed by atoms with E-state index in [-0.39, 0.29) is 5.78 Å². The van der Waals surface area contributed by atoms with Crippen LogP contribution in [0.4, 0.5) is 0 Å². The van der Waals surface area contributed by atoms with E-state index in [4.69, 9.17) is 4.74 Å². The zero-order valence-electron chi connectivity index (χ0n) is 13.1. The van der Waals surface area contributed by atoms with Gasteiger partial charge in [0.1, 0.15) is 11.4 Å². The predicted octanol–water partition coefficient (Wildman–Crippen LogP) is 4.32. The highest BCUT2D eigenvalue weighted by atomic mass is 79.9. The smallest absolute Gasteiger partial charge is 0.189 e. The Balaban J connectivity index is 1.75. The first-order chi connectivity index (χ1) is 11.7. The number of allylic oxidation sites excluding steroid dienone is 1. The molecule has 0 amide bonds. The van der Waals surface area contributed by atoms with E-state index in [1.165, 1.54) is 0 Å². The number of Topliss-reactive ketones (excluding diaryl/α,β-unsaturated/α-hetero) is 1. The van der Waals surface area contributed by atoms with Crippen LogP contribution in [0.2, 0.25) is 0 Å². The molecule has 0 saturated carbocycles. The van der Waals surface area contributed by atoms with E-state index in [0.29, 0.717) is 0 Å². The van der Waals surface area contributed by atoms with Crippen molar-refractivity contribution in [3.8, 4) is 5.75 Å². The minimum absolute atomic E-state index is 0.0869. The first-order valence-corrected chi connectivity index (χ1v) is 8.50. The molecule has 0 fully saturated rings. The average molecular weight is 383 g/mol. The van der Waals surface area contributed by atoms with Gasteiger partial charge in [-0.05, 0) is 70.7 Å². The highest BCUT2D eigenvalue weighted by Gasteiger charge is 2.22. The topological polar surface area (TPSA) is 43.6 Å². The number of ketones is 1. The lowest BCUT2D eigenvalue weighted by Gasteiger charge is -2.18. The molecule has 0 radical (unpaired) electrons. The lowest BCUT2D eigenvalue weighted by atomic mass is 9.86. The van der Waals surface area contributed by atoms with E-state index in [0.717, 1.165) is 51.1 Å². The third kappa shape index (κ3) is 2.55. The van der Waals surface area contributed by atoms with Crippen molar-refractivity contribution >= 4 is 33.4 Å². The maximum absolute atomic E-state index is 12.8. The Kier molecular flexibility index (Phi) is 3.73. The molecule has 120 valence electrons. The molecule has 2 aromatic heterocycles. The number of fused-ring (bicyclic) bond motifs is 2. The highest BCUT2D eigenvalue weighted by molar-refractivity contribution is 9.10. The number of pyridine rings is 1. The van der Waals surface area contributed by atoms with Gasteiger partial charge in [0.15, 0.2) is 5.78 Å². The van der Waals surface area contributed by atoms with Gasteiger partial charge in [0.05, 0.1) is 19.0 Å². The van der Waals surface area contributed by atoms with Gasteiger partial charge in [0.25, 0.3) is 0 Å². The lowest BCUT2D eigenvalue weighted by Crippen LogP contribution is -2.14. The number of benzene rings is 1. The molecule has 4 rings (SSSR count). The lowest BCUT2D eigenvalue weighted by molar-refractivity contribution is 0.102. The average Bonchev–Trinajstić information content (AvgIpc) is 2.99. The number of rotatable bonds is 2. The molecule has 2 heterocycles. The number of carbonyl (C=O) groups is 1. The van der Waals surface area contributed by atoms with Gasteiger partial charge in [-0.15, -0.1) is 0 Å². The summed E-state index contributed by atoms with van der Waals surface area (Å²) in [5, 5.41) is 0. The van der Waals surface area contributed by atoms with Gasteiger partial charge < -0.3 is 4.74 Å². The Bertz CT molecular complexity index is 988. The van der Waals surface area contributed by atoms with Gasteiger partial charge in [0, 0.05) is 21.8 Å². The Morgan fingerprint density at radius 1 is 1.25 bits per heavy atom.